The highest BCUT2D eigenvalue weighted by atomic mass is 35.5. The first kappa shape index (κ1) is 20.8. The summed E-state index contributed by atoms with van der Waals surface area (Å²) >= 11 is 6.07. The smallest absolute Gasteiger partial charge is 0.268 e. The van der Waals surface area contributed by atoms with E-state index in [0.29, 0.717) is 16.5 Å². The molecule has 2 heterocycles. The molecular weight excluding hydrogens is 406 g/mol. The molecule has 2 aliphatic heterocycles. The third kappa shape index (κ3) is 3.69. The van der Waals surface area contributed by atoms with E-state index < -0.39 is 6.17 Å². The van der Waals surface area contributed by atoms with Crippen LogP contribution < -0.4 is 15.5 Å². The molecule has 30 heavy (non-hydrogen) atoms. The Kier molecular flexibility index (Phi) is 5.77. The van der Waals surface area contributed by atoms with Gasteiger partial charge in [0.05, 0.1) is 24.9 Å². The van der Waals surface area contributed by atoms with Crippen molar-refractivity contribution < 1.29 is 14.3 Å². The Labute approximate surface area is 181 Å². The Morgan fingerprint density at radius 1 is 1.33 bits per heavy atom. The number of hydrogen-bond donors (Lipinski definition) is 2. The maximum atomic E-state index is 13.3. The van der Waals surface area contributed by atoms with Crippen molar-refractivity contribution in [2.45, 2.75) is 57.8 Å². The molecule has 8 nitrogen and oxygen atoms in total. The van der Waals surface area contributed by atoms with Gasteiger partial charge in [-0.05, 0) is 31.0 Å². The molecule has 0 spiro atoms. The van der Waals surface area contributed by atoms with Crippen LogP contribution in [-0.2, 0) is 9.59 Å². The van der Waals surface area contributed by atoms with Gasteiger partial charge in [0.15, 0.2) is 6.17 Å². The lowest BCUT2D eigenvalue weighted by Crippen LogP contribution is -2.70. The number of halogens is 1. The predicted molar refractivity (Wildman–Crippen MR) is 115 cm³/mol. The molecular formula is C21H28ClN5O3. The SMILES string of the molecule is COc1ccc(Cl)cc1NC(=O)CN1C(=O)C2NN=C(C(C)C)N2C2CCCCC21. The molecule has 1 aromatic carbocycles. The lowest BCUT2D eigenvalue weighted by molar-refractivity contribution is -0.151. The van der Waals surface area contributed by atoms with Gasteiger partial charge in [0.2, 0.25) is 5.91 Å². The summed E-state index contributed by atoms with van der Waals surface area (Å²) in [5, 5.41) is 7.79. The molecule has 1 aromatic rings. The highest BCUT2D eigenvalue weighted by molar-refractivity contribution is 6.31. The van der Waals surface area contributed by atoms with E-state index in [1.807, 2.05) is 0 Å². The Hall–Kier alpha value is -2.48. The van der Waals surface area contributed by atoms with Gasteiger partial charge in [-0.2, -0.15) is 5.10 Å². The number of amides is 2. The summed E-state index contributed by atoms with van der Waals surface area (Å²) < 4.78 is 5.30. The van der Waals surface area contributed by atoms with Crippen molar-refractivity contribution in [1.82, 2.24) is 15.2 Å². The first-order valence-corrected chi connectivity index (χ1v) is 10.8. The number of methoxy groups -OCH3 is 1. The van der Waals surface area contributed by atoms with Crippen LogP contribution in [0.4, 0.5) is 5.69 Å². The number of nitrogens with zero attached hydrogens (tertiary/aromatic N) is 3. The average molecular weight is 434 g/mol. The zero-order chi connectivity index (χ0) is 21.4. The molecule has 0 aromatic heterocycles. The molecule has 1 aliphatic carbocycles. The molecule has 2 N–H and O–H groups in total. The van der Waals surface area contributed by atoms with Gasteiger partial charge in [-0.3, -0.25) is 15.0 Å². The Balaban J connectivity index is 1.54. The minimum Gasteiger partial charge on any atom is -0.495 e. The van der Waals surface area contributed by atoms with Crippen LogP contribution in [0.2, 0.25) is 5.02 Å². The molecule has 9 heteroatoms. The van der Waals surface area contributed by atoms with E-state index in [1.54, 1.807) is 23.1 Å². The maximum absolute atomic E-state index is 13.3. The molecule has 3 unspecified atom stereocenters. The van der Waals surface area contributed by atoms with E-state index in [4.69, 9.17) is 16.3 Å². The van der Waals surface area contributed by atoms with Gasteiger partial charge >= 0.3 is 0 Å². The number of piperazine rings is 1. The molecule has 4 rings (SSSR count). The molecule has 3 aliphatic rings. The van der Waals surface area contributed by atoms with Crippen LogP contribution in [0.15, 0.2) is 23.3 Å². The first-order chi connectivity index (χ1) is 14.4. The van der Waals surface area contributed by atoms with Crippen LogP contribution in [-0.4, -0.2) is 59.4 Å². The highest BCUT2D eigenvalue weighted by Gasteiger charge is 2.51. The number of benzene rings is 1. The Morgan fingerprint density at radius 2 is 2.07 bits per heavy atom. The number of hydrazone groups is 1. The quantitative estimate of drug-likeness (QED) is 0.745. The topological polar surface area (TPSA) is 86.3 Å². The van der Waals surface area contributed by atoms with Crippen LogP contribution in [0.5, 0.6) is 5.75 Å². The molecule has 162 valence electrons. The number of rotatable bonds is 5. The molecule has 0 bridgehead atoms. The largest absolute Gasteiger partial charge is 0.495 e. The number of carbonyl (C=O) groups excluding carboxylic acids is 2. The summed E-state index contributed by atoms with van der Waals surface area (Å²) in [7, 11) is 1.53. The molecule has 1 saturated heterocycles. The lowest BCUT2D eigenvalue weighted by Gasteiger charge is -2.51. The van der Waals surface area contributed by atoms with E-state index in [2.05, 4.69) is 34.6 Å². The summed E-state index contributed by atoms with van der Waals surface area (Å²) in [6, 6.07) is 5.21. The number of hydrogen-bond acceptors (Lipinski definition) is 6. The fourth-order valence-corrected chi connectivity index (χ4v) is 4.93. The monoisotopic (exact) mass is 433 g/mol. The maximum Gasteiger partial charge on any atom is 0.268 e. The normalized spacial score (nSPS) is 25.4. The number of ether oxygens (including phenoxy) is 1. The number of carbonyl (C=O) groups is 2. The molecule has 1 saturated carbocycles. The zero-order valence-electron chi connectivity index (χ0n) is 17.5. The lowest BCUT2D eigenvalue weighted by atomic mass is 9.85. The minimum atomic E-state index is -0.532. The second-order valence-electron chi connectivity index (χ2n) is 8.34. The van der Waals surface area contributed by atoms with Gasteiger partial charge in [-0.15, -0.1) is 0 Å². The van der Waals surface area contributed by atoms with Crippen molar-refractivity contribution in [2.24, 2.45) is 11.0 Å². The van der Waals surface area contributed by atoms with Crippen molar-refractivity contribution in [1.29, 1.82) is 0 Å². The zero-order valence-corrected chi connectivity index (χ0v) is 18.3. The number of anilines is 1. The van der Waals surface area contributed by atoms with E-state index in [9.17, 15) is 9.59 Å². The van der Waals surface area contributed by atoms with Gasteiger partial charge in [-0.1, -0.05) is 38.3 Å². The second kappa shape index (κ2) is 8.34. The second-order valence-corrected chi connectivity index (χ2v) is 8.78. The van der Waals surface area contributed by atoms with Crippen molar-refractivity contribution in [3.8, 4) is 5.75 Å². The van der Waals surface area contributed by atoms with Crippen molar-refractivity contribution in [2.75, 3.05) is 19.0 Å². The summed E-state index contributed by atoms with van der Waals surface area (Å²) in [6.07, 6.45) is 3.51. The Morgan fingerprint density at radius 3 is 2.77 bits per heavy atom. The third-order valence-corrected chi connectivity index (χ3v) is 6.31. The van der Waals surface area contributed by atoms with Crippen molar-refractivity contribution in [3.05, 3.63) is 23.2 Å². The number of amidine groups is 1. The van der Waals surface area contributed by atoms with Crippen LogP contribution in [0.25, 0.3) is 0 Å². The number of nitrogens with one attached hydrogen (secondary N) is 2. The molecule has 3 atom stereocenters. The fourth-order valence-electron chi connectivity index (χ4n) is 4.76. The highest BCUT2D eigenvalue weighted by Crippen LogP contribution is 2.36. The van der Waals surface area contributed by atoms with Gasteiger partial charge in [-0.25, -0.2) is 0 Å². The molecule has 2 fully saturated rings. The van der Waals surface area contributed by atoms with E-state index in [1.165, 1.54) is 7.11 Å². The standard InChI is InChI=1S/C21H28ClN5O3/c1-12(2)19-24-25-20-21(29)26(15-6-4-5-7-16(15)27(19)20)11-18(28)23-14-10-13(22)8-9-17(14)30-3/h8-10,12,15-16,20,25H,4-7,11H2,1-3H3,(H,23,28). The fraction of sp³-hybridized carbons (Fsp3) is 0.571. The first-order valence-electron chi connectivity index (χ1n) is 10.5. The van der Waals surface area contributed by atoms with E-state index in [0.717, 1.165) is 31.5 Å². The summed E-state index contributed by atoms with van der Waals surface area (Å²) in [6.45, 7) is 4.16. The van der Waals surface area contributed by atoms with Gasteiger partial charge in [0.1, 0.15) is 18.1 Å². The van der Waals surface area contributed by atoms with Crippen LogP contribution in [0, 0.1) is 5.92 Å². The van der Waals surface area contributed by atoms with Crippen molar-refractivity contribution in [3.63, 3.8) is 0 Å². The van der Waals surface area contributed by atoms with E-state index in [-0.39, 0.29) is 36.4 Å². The summed E-state index contributed by atoms with van der Waals surface area (Å²) in [5.74, 6) is 1.29. The van der Waals surface area contributed by atoms with Gasteiger partial charge in [0.25, 0.3) is 5.91 Å². The van der Waals surface area contributed by atoms with E-state index >= 15 is 0 Å². The van der Waals surface area contributed by atoms with Crippen LogP contribution >= 0.6 is 11.6 Å². The minimum absolute atomic E-state index is 0.00152. The van der Waals surface area contributed by atoms with Crippen LogP contribution in [0.3, 0.4) is 0 Å². The summed E-state index contributed by atoms with van der Waals surface area (Å²) in [5.41, 5.74) is 3.50. The predicted octanol–water partition coefficient (Wildman–Crippen LogP) is 2.64. The van der Waals surface area contributed by atoms with Gasteiger partial charge in [0, 0.05) is 10.9 Å². The summed E-state index contributed by atoms with van der Waals surface area (Å²) in [4.78, 5) is 30.1. The third-order valence-electron chi connectivity index (χ3n) is 6.08. The molecule has 2 amide bonds. The van der Waals surface area contributed by atoms with Crippen molar-refractivity contribution >= 4 is 34.9 Å². The number of fused-ring (bicyclic) bond motifs is 3. The van der Waals surface area contributed by atoms with Gasteiger partial charge < -0.3 is 19.9 Å². The molecule has 0 radical (unpaired) electrons. The van der Waals surface area contributed by atoms with Crippen LogP contribution in [0.1, 0.15) is 39.5 Å². The average Bonchev–Trinajstić information content (AvgIpc) is 3.17. The Bertz CT molecular complexity index is 874.